The van der Waals surface area contributed by atoms with Crippen LogP contribution in [0, 0.1) is 0 Å². The van der Waals surface area contributed by atoms with E-state index in [2.05, 4.69) is 148 Å². The molecule has 68 heavy (non-hydrogen) atoms. The molecule has 6 heterocycles. The van der Waals surface area contributed by atoms with E-state index in [-0.39, 0.29) is 0 Å². The van der Waals surface area contributed by atoms with Crippen molar-refractivity contribution in [1.82, 2.24) is 63.7 Å². The fourth-order valence-corrected chi connectivity index (χ4v) is 4.86. The van der Waals surface area contributed by atoms with Crippen molar-refractivity contribution in [3.05, 3.63) is 129 Å². The summed E-state index contributed by atoms with van der Waals surface area (Å²) >= 11 is 0. The van der Waals surface area contributed by atoms with Gasteiger partial charge in [-0.2, -0.15) is 35.4 Å². The summed E-state index contributed by atoms with van der Waals surface area (Å²) in [4.78, 5) is 5.54. The van der Waals surface area contributed by atoms with Crippen molar-refractivity contribution in [2.45, 2.75) is 202 Å². The standard InChI is InChI=1S/C10H12N2.C9H11N3.C7H11N.2C6H10N2.C5H9N3.6C2H6/c1-8(2)12-10-6-4-3-5-9(10)7-11-12;1-7(2)12-10-8-5-3-4-6-9(8)11-12;1-7(2)8-5-3-4-6-8;2*1-6(2)8-5-3-4-7-8;1-5(2)8-4-6-3-7-8;6*1-2/h3-8H,1-2H3;3-7H,1-2H3;3-7H,1-2H3;2*3-6H,1-2H3;3-5H,1-2H3;6*1-2H3. The summed E-state index contributed by atoms with van der Waals surface area (Å²) < 4.78 is 9.84. The van der Waals surface area contributed by atoms with E-state index in [1.54, 1.807) is 34.5 Å². The lowest BCUT2D eigenvalue weighted by molar-refractivity contribution is 0.472. The first-order valence-electron chi connectivity index (χ1n) is 25.5. The maximum Gasteiger partial charge on any atom is 0.137 e. The number of rotatable bonds is 6. The van der Waals surface area contributed by atoms with Crippen molar-refractivity contribution in [1.29, 1.82) is 0 Å². The van der Waals surface area contributed by atoms with Crippen LogP contribution in [-0.2, 0) is 0 Å². The predicted octanol–water partition coefficient (Wildman–Crippen LogP) is 16.6. The number of fused-ring (bicyclic) bond motifs is 2. The second-order valence-corrected chi connectivity index (χ2v) is 14.7. The average Bonchev–Trinajstić information content (AvgIpc) is 4.23. The van der Waals surface area contributed by atoms with E-state index in [1.165, 1.54) is 10.9 Å². The lowest BCUT2D eigenvalue weighted by Crippen LogP contribution is -2.03. The minimum Gasteiger partial charge on any atom is -0.352 e. The molecule has 6 aromatic heterocycles. The fourth-order valence-electron chi connectivity index (χ4n) is 4.86. The summed E-state index contributed by atoms with van der Waals surface area (Å²) in [7, 11) is 0. The minimum absolute atomic E-state index is 0.331. The van der Waals surface area contributed by atoms with Gasteiger partial charge in [-0.15, -0.1) is 0 Å². The molecule has 13 heteroatoms. The van der Waals surface area contributed by atoms with Crippen molar-refractivity contribution < 1.29 is 0 Å². The largest absolute Gasteiger partial charge is 0.352 e. The normalized spacial score (nSPS) is 9.38. The van der Waals surface area contributed by atoms with E-state index >= 15 is 0 Å². The smallest absolute Gasteiger partial charge is 0.137 e. The summed E-state index contributed by atoms with van der Waals surface area (Å²) in [6.07, 6.45) is 16.8. The van der Waals surface area contributed by atoms with Gasteiger partial charge in [0.15, 0.2) is 0 Å². The highest BCUT2D eigenvalue weighted by Gasteiger charge is 2.04. The Morgan fingerprint density at radius 3 is 1.10 bits per heavy atom. The Balaban J connectivity index is -0.000000348. The van der Waals surface area contributed by atoms with E-state index in [1.807, 2.05) is 176 Å². The Morgan fingerprint density at radius 2 is 0.809 bits per heavy atom. The zero-order valence-corrected chi connectivity index (χ0v) is 47.4. The lowest BCUT2D eigenvalue weighted by Gasteiger charge is -2.05. The molecule has 0 amide bonds. The van der Waals surface area contributed by atoms with Gasteiger partial charge in [-0.3, -0.25) is 18.7 Å². The van der Waals surface area contributed by atoms with Gasteiger partial charge in [0.1, 0.15) is 23.7 Å². The Kier molecular flexibility index (Phi) is 45.4. The highest BCUT2D eigenvalue weighted by Crippen LogP contribution is 2.16. The van der Waals surface area contributed by atoms with Gasteiger partial charge in [-0.1, -0.05) is 113 Å². The minimum atomic E-state index is 0.331. The highest BCUT2D eigenvalue weighted by atomic mass is 15.5. The van der Waals surface area contributed by atoms with Gasteiger partial charge in [0.05, 0.1) is 17.8 Å². The first-order chi connectivity index (χ1) is 32.8. The molecule has 8 rings (SSSR count). The fraction of sp³-hybridized carbons (Fsp3) is 0.545. The summed E-state index contributed by atoms with van der Waals surface area (Å²) in [6.45, 7) is 49.3. The molecule has 0 N–H and O–H groups in total. The van der Waals surface area contributed by atoms with Gasteiger partial charge >= 0.3 is 0 Å². The van der Waals surface area contributed by atoms with Crippen molar-refractivity contribution in [3.63, 3.8) is 0 Å². The van der Waals surface area contributed by atoms with Crippen molar-refractivity contribution in [2.24, 2.45) is 0 Å². The summed E-state index contributed by atoms with van der Waals surface area (Å²) in [5.41, 5.74) is 3.14. The van der Waals surface area contributed by atoms with Crippen LogP contribution in [0.3, 0.4) is 0 Å². The van der Waals surface area contributed by atoms with E-state index in [4.69, 9.17) is 0 Å². The summed E-state index contributed by atoms with van der Waals surface area (Å²) in [6, 6.07) is 26.9. The molecule has 0 aliphatic carbocycles. The van der Waals surface area contributed by atoms with Crippen LogP contribution < -0.4 is 0 Å². The number of hydrogen-bond acceptors (Lipinski definition) is 7. The number of aromatic nitrogens is 13. The second kappa shape index (κ2) is 45.0. The molecule has 0 spiro atoms. The van der Waals surface area contributed by atoms with Crippen LogP contribution in [0.4, 0.5) is 0 Å². The number of benzene rings is 2. The Hall–Kier alpha value is -5.85. The lowest BCUT2D eigenvalue weighted by atomic mass is 10.2. The Labute approximate surface area is 415 Å². The number of nitrogens with zero attached hydrogens (tertiary/aromatic N) is 13. The van der Waals surface area contributed by atoms with Gasteiger partial charge < -0.3 is 4.57 Å². The second-order valence-electron chi connectivity index (χ2n) is 14.7. The van der Waals surface area contributed by atoms with Gasteiger partial charge in [-0.05, 0) is 126 Å². The van der Waals surface area contributed by atoms with Crippen molar-refractivity contribution in [2.75, 3.05) is 0 Å². The topological polar surface area (TPSA) is 120 Å². The van der Waals surface area contributed by atoms with Crippen molar-refractivity contribution >= 4 is 21.9 Å². The maximum atomic E-state index is 4.32. The van der Waals surface area contributed by atoms with Gasteiger partial charge in [-0.25, -0.2) is 4.98 Å². The molecule has 0 atom stereocenters. The quantitative estimate of drug-likeness (QED) is 0.163. The van der Waals surface area contributed by atoms with Crippen LogP contribution in [0.5, 0.6) is 0 Å². The molecule has 0 aliphatic rings. The molecule has 13 nitrogen and oxygen atoms in total. The predicted molar refractivity (Wildman–Crippen MR) is 297 cm³/mol. The van der Waals surface area contributed by atoms with Gasteiger partial charge in [0.25, 0.3) is 0 Å². The van der Waals surface area contributed by atoms with E-state index < -0.39 is 0 Å². The summed E-state index contributed by atoms with van der Waals surface area (Å²) in [5, 5.41) is 26.1. The molecule has 0 fully saturated rings. The molecule has 8 aromatic rings. The zero-order valence-electron chi connectivity index (χ0n) is 47.4. The Morgan fingerprint density at radius 1 is 0.382 bits per heavy atom. The van der Waals surface area contributed by atoms with Crippen LogP contribution in [0.25, 0.3) is 21.9 Å². The molecule has 0 saturated heterocycles. The third-order valence-electron chi connectivity index (χ3n) is 8.06. The van der Waals surface area contributed by atoms with Crippen molar-refractivity contribution in [3.8, 4) is 0 Å². The van der Waals surface area contributed by atoms with Crippen LogP contribution in [0.15, 0.2) is 129 Å². The zero-order chi connectivity index (χ0) is 53.0. The average molecular weight is 942 g/mol. The molecule has 2 aromatic carbocycles. The Bertz CT molecular complexity index is 1920. The molecule has 0 unspecified atom stereocenters. The van der Waals surface area contributed by atoms with Crippen LogP contribution in [-0.4, -0.2) is 63.7 Å². The highest BCUT2D eigenvalue weighted by molar-refractivity contribution is 5.78. The monoisotopic (exact) mass is 942 g/mol. The molecule has 0 saturated carbocycles. The van der Waals surface area contributed by atoms with Crippen LogP contribution in [0.2, 0.25) is 0 Å². The molecule has 384 valence electrons. The number of para-hydroxylation sites is 1. The van der Waals surface area contributed by atoms with Crippen LogP contribution >= 0.6 is 0 Å². The molecule has 0 aliphatic heterocycles. The summed E-state index contributed by atoms with van der Waals surface area (Å²) in [5.74, 6) is 0. The first-order valence-corrected chi connectivity index (χ1v) is 25.5. The third-order valence-corrected chi connectivity index (χ3v) is 8.06. The van der Waals surface area contributed by atoms with Gasteiger partial charge in [0.2, 0.25) is 0 Å². The third kappa shape index (κ3) is 29.0. The van der Waals surface area contributed by atoms with E-state index in [9.17, 15) is 0 Å². The van der Waals surface area contributed by atoms with Gasteiger partial charge in [0, 0.05) is 72.8 Å². The number of hydrogen-bond donors (Lipinski definition) is 0. The van der Waals surface area contributed by atoms with E-state index in [0.717, 1.165) is 11.0 Å². The SMILES string of the molecule is CC.CC.CC.CC.CC.CC.CC(C)n1cccc1.CC(C)n1cccn1.CC(C)n1cccn1.CC(C)n1cncn1.CC(C)n1nc2ccccc2n1.CC(C)n1ncc2ccccc21. The molecule has 0 bridgehead atoms. The maximum absolute atomic E-state index is 4.32. The first kappa shape index (κ1) is 68.7. The molecule has 0 radical (unpaired) electrons. The molecular weight excluding hydrogens is 843 g/mol. The molecular formula is C55H99N13. The van der Waals surface area contributed by atoms with Crippen LogP contribution in [0.1, 0.15) is 202 Å². The van der Waals surface area contributed by atoms with E-state index in [0.29, 0.717) is 36.3 Å².